The van der Waals surface area contributed by atoms with Crippen LogP contribution in [0.3, 0.4) is 0 Å². The zero-order chi connectivity index (χ0) is 42.3. The highest BCUT2D eigenvalue weighted by Gasteiger charge is 2.37. The number of ether oxygens (including phenoxy) is 3. The summed E-state index contributed by atoms with van der Waals surface area (Å²) in [5.41, 5.74) is 5.10. The number of carbonyl (C=O) groups excluding carboxylic acids is 5. The molecule has 312 valence electrons. The molecule has 2 aliphatic heterocycles. The fourth-order valence-electron chi connectivity index (χ4n) is 7.74. The number of benzene rings is 3. The molecule has 5 aromatic rings. The van der Waals surface area contributed by atoms with E-state index < -0.39 is 30.3 Å². The lowest BCUT2D eigenvalue weighted by atomic mass is 10.00. The Hall–Kier alpha value is -6.97. The van der Waals surface area contributed by atoms with E-state index in [4.69, 9.17) is 9.72 Å². The van der Waals surface area contributed by atoms with E-state index >= 15 is 0 Å². The number of para-hydroxylation sites is 1. The molecule has 4 heterocycles. The predicted molar refractivity (Wildman–Crippen MR) is 221 cm³/mol. The van der Waals surface area contributed by atoms with Gasteiger partial charge in [0.15, 0.2) is 6.61 Å². The number of imidazole rings is 2. The third-order valence-corrected chi connectivity index (χ3v) is 10.9. The van der Waals surface area contributed by atoms with Gasteiger partial charge in [0.2, 0.25) is 17.6 Å². The van der Waals surface area contributed by atoms with Crippen molar-refractivity contribution in [2.45, 2.75) is 63.7 Å². The highest BCUT2D eigenvalue weighted by molar-refractivity contribution is 6.01. The lowest BCUT2D eigenvalue weighted by molar-refractivity contribution is -0.134. The van der Waals surface area contributed by atoms with Crippen LogP contribution in [0.2, 0.25) is 0 Å². The minimum atomic E-state index is -0.820. The number of aromatic nitrogens is 4. The maximum absolute atomic E-state index is 13.8. The van der Waals surface area contributed by atoms with Crippen molar-refractivity contribution in [2.75, 3.05) is 33.9 Å². The van der Waals surface area contributed by atoms with E-state index in [0.29, 0.717) is 42.6 Å². The first-order chi connectivity index (χ1) is 29.0. The van der Waals surface area contributed by atoms with E-state index in [1.807, 2.05) is 66.7 Å². The Kier molecular flexibility index (Phi) is 12.6. The molecule has 4 N–H and O–H groups in total. The fourth-order valence-corrected chi connectivity index (χ4v) is 7.74. The van der Waals surface area contributed by atoms with E-state index in [0.717, 1.165) is 47.2 Å². The largest absolute Gasteiger partial charge is 0.485 e. The monoisotopic (exact) mass is 816 g/mol. The number of rotatable bonds is 13. The summed E-state index contributed by atoms with van der Waals surface area (Å²) in [5.74, 6) is 0.912. The van der Waals surface area contributed by atoms with Gasteiger partial charge < -0.3 is 44.6 Å². The first-order valence-corrected chi connectivity index (χ1v) is 19.9. The van der Waals surface area contributed by atoms with Gasteiger partial charge in [0.05, 0.1) is 43.9 Å². The lowest BCUT2D eigenvalue weighted by Gasteiger charge is -2.26. The van der Waals surface area contributed by atoms with Gasteiger partial charge in [0.1, 0.15) is 35.2 Å². The number of alkyl carbamates (subject to hydrolysis) is 2. The summed E-state index contributed by atoms with van der Waals surface area (Å²) in [5, 5.41) is 5.09. The number of hydrogen-bond acceptors (Lipinski definition) is 10. The van der Waals surface area contributed by atoms with Gasteiger partial charge >= 0.3 is 12.2 Å². The maximum atomic E-state index is 13.8. The van der Waals surface area contributed by atoms with Gasteiger partial charge in [-0.05, 0) is 68.4 Å². The molecule has 0 radical (unpaired) electrons. The summed E-state index contributed by atoms with van der Waals surface area (Å²) >= 11 is 0. The summed E-state index contributed by atoms with van der Waals surface area (Å²) < 4.78 is 15.1. The van der Waals surface area contributed by atoms with Crippen LogP contribution in [0.4, 0.5) is 9.59 Å². The third kappa shape index (κ3) is 9.02. The quantitative estimate of drug-likeness (QED) is 0.0991. The molecule has 7 rings (SSSR count). The molecule has 4 atom stereocenters. The maximum Gasteiger partial charge on any atom is 0.407 e. The molecule has 0 bridgehead atoms. The van der Waals surface area contributed by atoms with Gasteiger partial charge in [-0.25, -0.2) is 19.6 Å². The molecule has 0 aliphatic carbocycles. The zero-order valence-corrected chi connectivity index (χ0v) is 33.9. The minimum absolute atomic E-state index is 0.197. The van der Waals surface area contributed by atoms with Crippen LogP contribution in [0.15, 0.2) is 85.1 Å². The summed E-state index contributed by atoms with van der Waals surface area (Å²) in [6.45, 7) is 4.05. The fraction of sp³-hybridized carbons (Fsp3) is 0.341. The number of ketones is 1. The molecule has 0 saturated carbocycles. The smallest absolute Gasteiger partial charge is 0.407 e. The second-order valence-electron chi connectivity index (χ2n) is 14.8. The minimum Gasteiger partial charge on any atom is -0.485 e. The summed E-state index contributed by atoms with van der Waals surface area (Å²) in [6, 6.07) is 22.7. The lowest BCUT2D eigenvalue weighted by Crippen LogP contribution is -2.46. The first kappa shape index (κ1) is 41.2. The van der Waals surface area contributed by atoms with E-state index in [9.17, 15) is 24.0 Å². The Labute approximate surface area is 347 Å². The van der Waals surface area contributed by atoms with Crippen LogP contribution < -0.4 is 15.4 Å². The Morgan fingerprint density at radius 3 is 1.77 bits per heavy atom. The van der Waals surface area contributed by atoms with Gasteiger partial charge in [0.25, 0.3) is 0 Å². The molecule has 60 heavy (non-hydrogen) atoms. The number of nitrogens with zero attached hydrogens (tertiary/aromatic N) is 4. The third-order valence-electron chi connectivity index (χ3n) is 10.9. The van der Waals surface area contributed by atoms with Crippen LogP contribution in [0.25, 0.3) is 33.6 Å². The van der Waals surface area contributed by atoms with E-state index in [1.54, 1.807) is 42.0 Å². The molecule has 4 amide bonds. The summed E-state index contributed by atoms with van der Waals surface area (Å²) in [6.07, 6.45) is 3.34. The van der Waals surface area contributed by atoms with Crippen molar-refractivity contribution in [3.05, 3.63) is 102 Å². The Morgan fingerprint density at radius 2 is 1.22 bits per heavy atom. The Balaban J connectivity index is 1.09. The van der Waals surface area contributed by atoms with Crippen molar-refractivity contribution in [2.24, 2.45) is 0 Å². The summed E-state index contributed by atoms with van der Waals surface area (Å²) in [4.78, 5) is 83.5. The van der Waals surface area contributed by atoms with Crippen molar-refractivity contribution < 1.29 is 38.2 Å². The van der Waals surface area contributed by atoms with E-state index in [1.165, 1.54) is 14.2 Å². The van der Waals surface area contributed by atoms with Crippen molar-refractivity contribution in [3.8, 4) is 39.4 Å². The molecule has 2 fully saturated rings. The number of amides is 4. The van der Waals surface area contributed by atoms with Crippen LogP contribution in [-0.2, 0) is 19.1 Å². The zero-order valence-electron chi connectivity index (χ0n) is 33.9. The topological polar surface area (TPSA) is 201 Å². The van der Waals surface area contributed by atoms with E-state index in [2.05, 4.69) is 35.1 Å². The van der Waals surface area contributed by atoms with Gasteiger partial charge in [-0.15, -0.1) is 0 Å². The van der Waals surface area contributed by atoms with Gasteiger partial charge in [-0.2, -0.15) is 0 Å². The molecule has 0 spiro atoms. The molecule has 3 aromatic carbocycles. The molecule has 16 nitrogen and oxygen atoms in total. The van der Waals surface area contributed by atoms with E-state index in [-0.39, 0.29) is 35.9 Å². The van der Waals surface area contributed by atoms with Crippen LogP contribution in [-0.4, -0.2) is 106 Å². The SMILES string of the molecule is COC(=O)N[C@@H](C)C(=O)N1CCC[C@H]1c1nc(C(=O)COc2ccccc2)c(-c2ccc(-c3ccc(-c4cnc([C@@H]5CCCN5C(=O)[C@@H](C)NC(=O)OC)[nH]4)cc3)cc2)[nH]1. The molecule has 2 aliphatic rings. The highest BCUT2D eigenvalue weighted by Crippen LogP contribution is 2.36. The standard InChI is InChI=1S/C44H48N8O8/c1-26(46-43(56)58-3)41(54)51-22-8-12-34(51)39-45-24-33(48-39)30-18-14-28(15-19-30)29-16-20-31(21-17-29)37-38(36(53)25-60-32-10-6-5-7-11-32)50-40(49-37)35-13-9-23-52(35)42(55)27(2)47-44(57)59-4/h5-7,10-11,14-21,24,26-27,34-35H,8-9,12-13,22-23,25H2,1-4H3,(H,45,48)(H,46,56)(H,47,57)(H,49,50)/t26-,27+,34+,35+/m1/s1. The van der Waals surface area contributed by atoms with Gasteiger partial charge in [-0.1, -0.05) is 66.7 Å². The number of hydrogen-bond donors (Lipinski definition) is 4. The van der Waals surface area contributed by atoms with Crippen LogP contribution in [0.1, 0.15) is 73.8 Å². The van der Waals surface area contributed by atoms with Crippen molar-refractivity contribution in [1.29, 1.82) is 0 Å². The average molecular weight is 817 g/mol. The molecule has 0 unspecified atom stereocenters. The van der Waals surface area contributed by atoms with Crippen molar-refractivity contribution in [3.63, 3.8) is 0 Å². The summed E-state index contributed by atoms with van der Waals surface area (Å²) in [7, 11) is 2.50. The van der Waals surface area contributed by atoms with Crippen LogP contribution in [0.5, 0.6) is 5.75 Å². The number of likely N-dealkylation sites (tertiary alicyclic amines) is 2. The molecule has 2 aromatic heterocycles. The second-order valence-corrected chi connectivity index (χ2v) is 14.8. The normalized spacial score (nSPS) is 17.1. The molecule has 2 saturated heterocycles. The Morgan fingerprint density at radius 1 is 0.700 bits per heavy atom. The average Bonchev–Trinajstić information content (AvgIpc) is 4.12. The van der Waals surface area contributed by atoms with Crippen LogP contribution in [0, 0.1) is 0 Å². The number of Topliss-reactive ketones (excluding diaryl/α,β-unsaturated/α-hetero) is 1. The highest BCUT2D eigenvalue weighted by atomic mass is 16.5. The first-order valence-electron chi connectivity index (χ1n) is 19.9. The number of methoxy groups -OCH3 is 2. The molecule has 16 heteroatoms. The number of H-pyrrole nitrogens is 2. The van der Waals surface area contributed by atoms with Gasteiger partial charge in [0, 0.05) is 18.7 Å². The Bertz CT molecular complexity index is 2330. The number of carbonyl (C=O) groups is 5. The second kappa shape index (κ2) is 18.3. The van der Waals surface area contributed by atoms with Crippen LogP contribution >= 0.6 is 0 Å². The van der Waals surface area contributed by atoms with Crippen molar-refractivity contribution >= 4 is 29.8 Å². The number of aromatic amines is 2. The molecular formula is C44H48N8O8. The number of nitrogens with one attached hydrogen (secondary N) is 4. The van der Waals surface area contributed by atoms with Crippen molar-refractivity contribution in [1.82, 2.24) is 40.4 Å². The molecular weight excluding hydrogens is 769 g/mol. The van der Waals surface area contributed by atoms with Gasteiger partial charge in [-0.3, -0.25) is 14.4 Å². The predicted octanol–water partition coefficient (Wildman–Crippen LogP) is 6.21.